The van der Waals surface area contributed by atoms with Gasteiger partial charge in [0.25, 0.3) is 0 Å². The molecule has 1 atom stereocenters. The Bertz CT molecular complexity index is 343. The third kappa shape index (κ3) is 3.26. The van der Waals surface area contributed by atoms with Crippen LogP contribution in [0.4, 0.5) is 0 Å². The number of amides is 1. The number of aliphatic carboxylic acids is 1. The average molecular weight is 268 g/mol. The summed E-state index contributed by atoms with van der Waals surface area (Å²) in [5.41, 5.74) is -0.749. The van der Waals surface area contributed by atoms with E-state index in [9.17, 15) is 14.7 Å². The lowest BCUT2D eigenvalue weighted by Crippen LogP contribution is -2.49. The molecule has 1 amide bonds. The molecule has 0 aromatic rings. The molecule has 19 heavy (non-hydrogen) atoms. The molecular formula is C14H24N2O3. The zero-order valence-corrected chi connectivity index (χ0v) is 11.6. The molecule has 2 fully saturated rings. The lowest BCUT2D eigenvalue weighted by Gasteiger charge is -2.36. The molecule has 0 aromatic heterocycles. The summed E-state index contributed by atoms with van der Waals surface area (Å²) in [4.78, 5) is 23.5. The van der Waals surface area contributed by atoms with E-state index in [1.54, 1.807) is 0 Å². The predicted molar refractivity (Wildman–Crippen MR) is 71.7 cm³/mol. The maximum atomic E-state index is 12.0. The first kappa shape index (κ1) is 14.3. The van der Waals surface area contributed by atoms with Crippen molar-refractivity contribution in [2.75, 3.05) is 13.1 Å². The van der Waals surface area contributed by atoms with Gasteiger partial charge in [0, 0.05) is 6.54 Å². The Labute approximate surface area is 114 Å². The lowest BCUT2D eigenvalue weighted by molar-refractivity contribution is -0.151. The van der Waals surface area contributed by atoms with E-state index in [0.29, 0.717) is 18.8 Å². The van der Waals surface area contributed by atoms with Crippen LogP contribution in [-0.2, 0) is 9.59 Å². The highest BCUT2D eigenvalue weighted by molar-refractivity contribution is 5.83. The Balaban J connectivity index is 1.90. The summed E-state index contributed by atoms with van der Waals surface area (Å²) in [5.74, 6) is -0.212. The third-order valence-corrected chi connectivity index (χ3v) is 4.66. The van der Waals surface area contributed by atoms with Crippen molar-refractivity contribution in [1.82, 2.24) is 10.6 Å². The predicted octanol–water partition coefficient (Wildman–Crippen LogP) is 1.14. The van der Waals surface area contributed by atoms with Crippen LogP contribution in [0.1, 0.15) is 45.4 Å². The van der Waals surface area contributed by atoms with Crippen molar-refractivity contribution >= 4 is 11.9 Å². The van der Waals surface area contributed by atoms with Gasteiger partial charge < -0.3 is 15.7 Å². The van der Waals surface area contributed by atoms with Gasteiger partial charge in [-0.1, -0.05) is 6.92 Å². The van der Waals surface area contributed by atoms with Crippen molar-refractivity contribution in [3.63, 3.8) is 0 Å². The number of rotatable bonds is 4. The van der Waals surface area contributed by atoms with Gasteiger partial charge in [0.05, 0.1) is 11.5 Å². The Morgan fingerprint density at radius 3 is 2.53 bits per heavy atom. The summed E-state index contributed by atoms with van der Waals surface area (Å²) in [6.45, 7) is 3.30. The molecule has 0 spiro atoms. The van der Waals surface area contributed by atoms with E-state index in [4.69, 9.17) is 0 Å². The molecule has 2 rings (SSSR count). The topological polar surface area (TPSA) is 78.4 Å². The van der Waals surface area contributed by atoms with Gasteiger partial charge in [0.15, 0.2) is 0 Å². The normalized spacial score (nSPS) is 35.0. The Morgan fingerprint density at radius 1 is 1.32 bits per heavy atom. The highest BCUT2D eigenvalue weighted by Crippen LogP contribution is 2.38. The monoisotopic (exact) mass is 268 g/mol. The first-order valence-electron chi connectivity index (χ1n) is 7.28. The van der Waals surface area contributed by atoms with E-state index in [1.807, 2.05) is 0 Å². The molecule has 0 radical (unpaired) electrons. The second-order valence-corrected chi connectivity index (χ2v) is 6.13. The number of carbonyl (C=O) groups excluding carboxylic acids is 1. The fourth-order valence-corrected chi connectivity index (χ4v) is 3.07. The van der Waals surface area contributed by atoms with Gasteiger partial charge in [-0.05, 0) is 51.0 Å². The maximum absolute atomic E-state index is 12.0. The minimum atomic E-state index is -0.765. The molecular weight excluding hydrogens is 244 g/mol. The zero-order valence-electron chi connectivity index (χ0n) is 11.6. The van der Waals surface area contributed by atoms with E-state index in [2.05, 4.69) is 17.6 Å². The van der Waals surface area contributed by atoms with Crippen LogP contribution >= 0.6 is 0 Å². The first-order chi connectivity index (χ1) is 9.03. The van der Waals surface area contributed by atoms with Gasteiger partial charge in [-0.3, -0.25) is 9.59 Å². The molecule has 1 heterocycles. The van der Waals surface area contributed by atoms with Crippen molar-refractivity contribution in [3.05, 3.63) is 0 Å². The molecule has 0 unspecified atom stereocenters. The minimum absolute atomic E-state index is 0.0447. The number of hydrogen-bond acceptors (Lipinski definition) is 3. The SMILES string of the molecule is CC1CCC(CNC(=O)[C@@H]2CCCN2)(C(=O)O)CC1. The molecule has 0 bridgehead atoms. The molecule has 1 aliphatic carbocycles. The van der Waals surface area contributed by atoms with Crippen LogP contribution in [-0.4, -0.2) is 36.1 Å². The minimum Gasteiger partial charge on any atom is -0.481 e. The summed E-state index contributed by atoms with van der Waals surface area (Å²) in [6, 6.07) is -0.131. The number of carbonyl (C=O) groups is 2. The second kappa shape index (κ2) is 5.90. The van der Waals surface area contributed by atoms with Gasteiger partial charge in [-0.15, -0.1) is 0 Å². The highest BCUT2D eigenvalue weighted by Gasteiger charge is 2.41. The third-order valence-electron chi connectivity index (χ3n) is 4.66. The molecule has 5 heteroatoms. The molecule has 5 nitrogen and oxygen atoms in total. The van der Waals surface area contributed by atoms with Crippen LogP contribution in [0.15, 0.2) is 0 Å². The van der Waals surface area contributed by atoms with Crippen molar-refractivity contribution in [3.8, 4) is 0 Å². The van der Waals surface area contributed by atoms with Gasteiger partial charge in [-0.25, -0.2) is 0 Å². The molecule has 1 saturated heterocycles. The van der Waals surface area contributed by atoms with E-state index in [1.165, 1.54) is 0 Å². The van der Waals surface area contributed by atoms with Crippen LogP contribution in [0.2, 0.25) is 0 Å². The number of nitrogens with one attached hydrogen (secondary N) is 2. The summed E-state index contributed by atoms with van der Waals surface area (Å²) < 4.78 is 0. The van der Waals surface area contributed by atoms with Crippen molar-refractivity contribution in [2.24, 2.45) is 11.3 Å². The van der Waals surface area contributed by atoms with Gasteiger partial charge in [-0.2, -0.15) is 0 Å². The van der Waals surface area contributed by atoms with Crippen molar-refractivity contribution < 1.29 is 14.7 Å². The zero-order chi connectivity index (χ0) is 13.9. The van der Waals surface area contributed by atoms with Crippen LogP contribution < -0.4 is 10.6 Å². The van der Waals surface area contributed by atoms with Crippen LogP contribution in [0, 0.1) is 11.3 Å². The Kier molecular flexibility index (Phi) is 4.45. The fraction of sp³-hybridized carbons (Fsp3) is 0.857. The fourth-order valence-electron chi connectivity index (χ4n) is 3.07. The molecule has 2 aliphatic rings. The van der Waals surface area contributed by atoms with Crippen LogP contribution in [0.5, 0.6) is 0 Å². The highest BCUT2D eigenvalue weighted by atomic mass is 16.4. The van der Waals surface area contributed by atoms with Crippen LogP contribution in [0.3, 0.4) is 0 Å². The largest absolute Gasteiger partial charge is 0.481 e. The van der Waals surface area contributed by atoms with E-state index in [-0.39, 0.29) is 18.5 Å². The Hall–Kier alpha value is -1.10. The standard InChI is InChI=1S/C14H24N2O3/c1-10-4-6-14(7-5-10,13(18)19)9-16-12(17)11-3-2-8-15-11/h10-11,15H,2-9H2,1H3,(H,16,17)(H,18,19)/t10?,11-,14?/m0/s1. The molecule has 0 aromatic carbocycles. The molecule has 3 N–H and O–H groups in total. The number of carboxylic acids is 1. The van der Waals surface area contributed by atoms with Crippen molar-refractivity contribution in [2.45, 2.75) is 51.5 Å². The summed E-state index contributed by atoms with van der Waals surface area (Å²) in [5, 5.41) is 15.5. The Morgan fingerprint density at radius 2 is 2.00 bits per heavy atom. The molecule has 1 saturated carbocycles. The van der Waals surface area contributed by atoms with Crippen molar-refractivity contribution in [1.29, 1.82) is 0 Å². The smallest absolute Gasteiger partial charge is 0.311 e. The summed E-state index contributed by atoms with van der Waals surface area (Å²) in [6.07, 6.45) is 5.07. The number of carboxylic acid groups (broad SMARTS) is 1. The van der Waals surface area contributed by atoms with Gasteiger partial charge >= 0.3 is 5.97 Å². The number of hydrogen-bond donors (Lipinski definition) is 3. The lowest BCUT2D eigenvalue weighted by atomic mass is 9.71. The van der Waals surface area contributed by atoms with Gasteiger partial charge in [0.2, 0.25) is 5.91 Å². The second-order valence-electron chi connectivity index (χ2n) is 6.13. The molecule has 1 aliphatic heterocycles. The summed E-state index contributed by atoms with van der Waals surface area (Å²) in [7, 11) is 0. The van der Waals surface area contributed by atoms with Crippen LogP contribution in [0.25, 0.3) is 0 Å². The quantitative estimate of drug-likeness (QED) is 0.714. The van der Waals surface area contributed by atoms with E-state index in [0.717, 1.165) is 32.2 Å². The van der Waals surface area contributed by atoms with E-state index >= 15 is 0 Å². The van der Waals surface area contributed by atoms with E-state index < -0.39 is 11.4 Å². The average Bonchev–Trinajstić information content (AvgIpc) is 2.92. The molecule has 108 valence electrons. The van der Waals surface area contributed by atoms with Gasteiger partial charge in [0.1, 0.15) is 0 Å². The summed E-state index contributed by atoms with van der Waals surface area (Å²) >= 11 is 0. The first-order valence-corrected chi connectivity index (χ1v) is 7.28. The maximum Gasteiger partial charge on any atom is 0.311 e.